The number of anilines is 1. The van der Waals surface area contributed by atoms with Crippen molar-refractivity contribution in [3.8, 4) is 0 Å². The molecular weight excluding hydrogens is 437 g/mol. The minimum atomic E-state index is -1.12. The molecule has 1 aliphatic carbocycles. The van der Waals surface area contributed by atoms with E-state index in [1.807, 2.05) is 20.8 Å². The van der Waals surface area contributed by atoms with Crippen molar-refractivity contribution in [1.29, 1.82) is 0 Å². The van der Waals surface area contributed by atoms with Crippen LogP contribution in [0.25, 0.3) is 10.1 Å². The van der Waals surface area contributed by atoms with E-state index >= 15 is 4.39 Å². The molecule has 0 spiro atoms. The molecule has 7 heteroatoms. The minimum absolute atomic E-state index is 0.00952. The Balaban J connectivity index is 1.23. The smallest absolute Gasteiger partial charge is 0.407 e. The number of rotatable bonds is 5. The number of alkyl halides is 1. The van der Waals surface area contributed by atoms with Crippen molar-refractivity contribution in [2.45, 2.75) is 76.6 Å². The monoisotopic (exact) mass is 475 g/mol. The SMILES string of the molecule is CC(C)(C)OC(=O)N[C@H]1CC[C@](F)(CCN2CCCN(c3cccc4sccc34)CC2)CC1. The van der Waals surface area contributed by atoms with Crippen LogP contribution in [-0.2, 0) is 4.74 Å². The number of carbonyl (C=O) groups is 1. The van der Waals surface area contributed by atoms with Crippen LogP contribution in [0.2, 0.25) is 0 Å². The number of benzene rings is 1. The number of halogens is 1. The van der Waals surface area contributed by atoms with Crippen molar-refractivity contribution in [1.82, 2.24) is 10.2 Å². The van der Waals surface area contributed by atoms with Gasteiger partial charge in [0, 0.05) is 48.0 Å². The van der Waals surface area contributed by atoms with Crippen molar-refractivity contribution in [3.05, 3.63) is 29.6 Å². The number of nitrogens with one attached hydrogen (secondary N) is 1. The van der Waals surface area contributed by atoms with E-state index in [0.717, 1.165) is 39.1 Å². The largest absolute Gasteiger partial charge is 0.444 e. The molecule has 1 saturated heterocycles. The molecule has 1 aromatic carbocycles. The quantitative estimate of drug-likeness (QED) is 0.578. The van der Waals surface area contributed by atoms with Gasteiger partial charge in [0.25, 0.3) is 0 Å². The number of hydrogen-bond acceptors (Lipinski definition) is 5. The fourth-order valence-electron chi connectivity index (χ4n) is 5.05. The minimum Gasteiger partial charge on any atom is -0.444 e. The number of hydrogen-bond donors (Lipinski definition) is 1. The number of amides is 1. The van der Waals surface area contributed by atoms with E-state index in [1.165, 1.54) is 15.8 Å². The van der Waals surface area contributed by atoms with Gasteiger partial charge in [-0.1, -0.05) is 6.07 Å². The average Bonchev–Trinajstić information content (AvgIpc) is 3.11. The topological polar surface area (TPSA) is 44.8 Å². The van der Waals surface area contributed by atoms with Crippen molar-refractivity contribution >= 4 is 33.2 Å². The first-order valence-corrected chi connectivity index (χ1v) is 13.2. The van der Waals surface area contributed by atoms with Crippen molar-refractivity contribution in [3.63, 3.8) is 0 Å². The first kappa shape index (κ1) is 24.3. The lowest BCUT2D eigenvalue weighted by atomic mass is 9.81. The second-order valence-corrected chi connectivity index (χ2v) is 11.6. The van der Waals surface area contributed by atoms with E-state index in [1.54, 1.807) is 11.3 Å². The van der Waals surface area contributed by atoms with Gasteiger partial charge < -0.3 is 19.9 Å². The zero-order chi connectivity index (χ0) is 23.5. The molecule has 4 rings (SSSR count). The van der Waals surface area contributed by atoms with Crippen LogP contribution >= 0.6 is 11.3 Å². The zero-order valence-corrected chi connectivity index (χ0v) is 21.1. The van der Waals surface area contributed by atoms with E-state index in [9.17, 15) is 4.79 Å². The maximum atomic E-state index is 15.5. The normalized spacial score (nSPS) is 25.1. The van der Waals surface area contributed by atoms with E-state index in [0.29, 0.717) is 32.1 Å². The zero-order valence-electron chi connectivity index (χ0n) is 20.2. The van der Waals surface area contributed by atoms with Gasteiger partial charge >= 0.3 is 6.09 Å². The highest BCUT2D eigenvalue weighted by molar-refractivity contribution is 7.17. The number of thiophene rings is 1. The van der Waals surface area contributed by atoms with E-state index in [-0.39, 0.29) is 6.04 Å². The molecule has 2 aromatic rings. The summed E-state index contributed by atoms with van der Waals surface area (Å²) in [4.78, 5) is 16.9. The van der Waals surface area contributed by atoms with Gasteiger partial charge in [-0.15, -0.1) is 11.3 Å². The van der Waals surface area contributed by atoms with Crippen LogP contribution in [0.1, 0.15) is 59.3 Å². The van der Waals surface area contributed by atoms with Crippen LogP contribution in [-0.4, -0.2) is 61.0 Å². The highest BCUT2D eigenvalue weighted by Crippen LogP contribution is 2.36. The van der Waals surface area contributed by atoms with Gasteiger partial charge in [-0.05, 0) is 89.4 Å². The maximum Gasteiger partial charge on any atom is 0.407 e. The summed E-state index contributed by atoms with van der Waals surface area (Å²) in [6.45, 7) is 10.4. The highest BCUT2D eigenvalue weighted by atomic mass is 32.1. The summed E-state index contributed by atoms with van der Waals surface area (Å²) < 4.78 is 22.2. The van der Waals surface area contributed by atoms with Crippen LogP contribution in [0, 0.1) is 0 Å². The Morgan fingerprint density at radius 3 is 2.73 bits per heavy atom. The predicted molar refractivity (Wildman–Crippen MR) is 135 cm³/mol. The van der Waals surface area contributed by atoms with Crippen LogP contribution in [0.3, 0.4) is 0 Å². The van der Waals surface area contributed by atoms with Crippen molar-refractivity contribution < 1.29 is 13.9 Å². The fourth-order valence-corrected chi connectivity index (χ4v) is 5.86. The van der Waals surface area contributed by atoms with Gasteiger partial charge in [0.15, 0.2) is 0 Å². The number of carbonyl (C=O) groups excluding carboxylic acids is 1. The molecule has 2 fully saturated rings. The summed E-state index contributed by atoms with van der Waals surface area (Å²) in [6, 6.07) is 8.79. The van der Waals surface area contributed by atoms with E-state index in [4.69, 9.17) is 4.74 Å². The number of ether oxygens (including phenoxy) is 1. The summed E-state index contributed by atoms with van der Waals surface area (Å²) in [5.74, 6) is 0. The molecule has 0 unspecified atom stereocenters. The Hall–Kier alpha value is -1.86. The fraction of sp³-hybridized carbons (Fsp3) is 0.654. The van der Waals surface area contributed by atoms with Crippen LogP contribution in [0.4, 0.5) is 14.9 Å². The van der Waals surface area contributed by atoms with Gasteiger partial charge in [0.1, 0.15) is 11.3 Å². The summed E-state index contributed by atoms with van der Waals surface area (Å²) in [7, 11) is 0. The molecule has 1 N–H and O–H groups in total. The molecular formula is C26H38FN3O2S. The number of fused-ring (bicyclic) bond motifs is 1. The van der Waals surface area contributed by atoms with Crippen molar-refractivity contribution in [2.24, 2.45) is 0 Å². The maximum absolute atomic E-state index is 15.5. The predicted octanol–water partition coefficient (Wildman–Crippen LogP) is 5.98. The molecule has 1 aromatic heterocycles. The number of alkyl carbamates (subject to hydrolysis) is 1. The Kier molecular flexibility index (Phi) is 7.49. The molecule has 1 aliphatic heterocycles. The molecule has 2 heterocycles. The Labute approximate surface area is 201 Å². The third kappa shape index (κ3) is 6.60. The lowest BCUT2D eigenvalue weighted by Crippen LogP contribution is -2.44. The molecule has 2 aliphatic rings. The lowest BCUT2D eigenvalue weighted by Gasteiger charge is -2.36. The van der Waals surface area contributed by atoms with Gasteiger partial charge in [-0.2, -0.15) is 0 Å². The van der Waals surface area contributed by atoms with E-state index in [2.05, 4.69) is 44.8 Å². The Morgan fingerprint density at radius 2 is 1.97 bits per heavy atom. The first-order valence-electron chi connectivity index (χ1n) is 12.3. The third-order valence-corrected chi connectivity index (χ3v) is 7.76. The third-order valence-electron chi connectivity index (χ3n) is 6.88. The molecule has 5 nitrogen and oxygen atoms in total. The summed E-state index contributed by atoms with van der Waals surface area (Å²) in [6.07, 6.45) is 3.64. The van der Waals surface area contributed by atoms with Crippen LogP contribution < -0.4 is 10.2 Å². The summed E-state index contributed by atoms with van der Waals surface area (Å²) >= 11 is 1.79. The Bertz CT molecular complexity index is 933. The molecule has 1 amide bonds. The van der Waals surface area contributed by atoms with Crippen LogP contribution in [0.15, 0.2) is 29.6 Å². The first-order chi connectivity index (χ1) is 15.7. The Morgan fingerprint density at radius 1 is 1.18 bits per heavy atom. The molecule has 1 saturated carbocycles. The second-order valence-electron chi connectivity index (χ2n) is 10.6. The van der Waals surface area contributed by atoms with Gasteiger partial charge in [0.2, 0.25) is 0 Å². The summed E-state index contributed by atoms with van der Waals surface area (Å²) in [5, 5.41) is 6.42. The van der Waals surface area contributed by atoms with E-state index < -0.39 is 17.4 Å². The molecule has 182 valence electrons. The lowest BCUT2D eigenvalue weighted by molar-refractivity contribution is 0.0401. The molecule has 0 bridgehead atoms. The van der Waals surface area contributed by atoms with Gasteiger partial charge in [-0.3, -0.25) is 0 Å². The second kappa shape index (κ2) is 10.2. The standard InChI is InChI=1S/C26H38FN3O2S/c1-25(2,3)32-24(31)28-20-8-11-26(27,12-9-20)13-16-29-14-5-15-30(18-17-29)22-6-4-7-23-21(22)10-19-33-23/h4,6-7,10,19-20H,5,8-9,11-18H2,1-3H3,(H,28,31)/t20-,26+. The summed E-state index contributed by atoms with van der Waals surface area (Å²) in [5.41, 5.74) is -0.310. The molecule has 33 heavy (non-hydrogen) atoms. The van der Waals surface area contributed by atoms with Crippen molar-refractivity contribution in [2.75, 3.05) is 37.6 Å². The molecule has 0 atom stereocenters. The van der Waals surface area contributed by atoms with Gasteiger partial charge in [-0.25, -0.2) is 9.18 Å². The molecule has 0 radical (unpaired) electrons. The van der Waals surface area contributed by atoms with Crippen LogP contribution in [0.5, 0.6) is 0 Å². The highest BCUT2D eigenvalue weighted by Gasteiger charge is 2.36. The number of nitrogens with zero attached hydrogens (tertiary/aromatic N) is 2. The van der Waals surface area contributed by atoms with Gasteiger partial charge in [0.05, 0.1) is 0 Å². The average molecular weight is 476 g/mol.